The predicted octanol–water partition coefficient (Wildman–Crippen LogP) is 3.43. The van der Waals surface area contributed by atoms with Crippen LogP contribution >= 0.6 is 0 Å². The monoisotopic (exact) mass is 472 g/mol. The molecule has 1 aliphatic rings. The number of pyridine rings is 1. The Kier molecular flexibility index (Phi) is 6.16. The fraction of sp³-hybridized carbons (Fsp3) is 0.318. The van der Waals surface area contributed by atoms with E-state index in [0.717, 1.165) is 6.20 Å². The maximum atomic E-state index is 14.5. The number of rotatable bonds is 7. The van der Waals surface area contributed by atoms with Gasteiger partial charge in [-0.15, -0.1) is 0 Å². The van der Waals surface area contributed by atoms with E-state index in [-0.39, 0.29) is 17.6 Å². The van der Waals surface area contributed by atoms with Crippen LogP contribution in [0.3, 0.4) is 0 Å². The van der Waals surface area contributed by atoms with Crippen molar-refractivity contribution in [1.29, 1.82) is 0 Å². The molecule has 34 heavy (non-hydrogen) atoms. The van der Waals surface area contributed by atoms with Crippen LogP contribution in [0.1, 0.15) is 13.8 Å². The Morgan fingerprint density at radius 1 is 1.06 bits per heavy atom. The maximum absolute atomic E-state index is 14.5. The fourth-order valence-electron chi connectivity index (χ4n) is 3.26. The van der Waals surface area contributed by atoms with E-state index in [4.69, 9.17) is 18.9 Å². The van der Waals surface area contributed by atoms with E-state index in [1.54, 1.807) is 38.1 Å². The second-order valence-electron chi connectivity index (χ2n) is 7.85. The van der Waals surface area contributed by atoms with Crippen LogP contribution in [-0.2, 0) is 0 Å². The highest BCUT2D eigenvalue weighted by molar-refractivity contribution is 5.67. The van der Waals surface area contributed by atoms with Crippen LogP contribution in [0.5, 0.6) is 23.0 Å². The molecule has 0 aliphatic carbocycles. The summed E-state index contributed by atoms with van der Waals surface area (Å²) in [7, 11) is 4.51. The summed E-state index contributed by atoms with van der Waals surface area (Å²) in [6.07, 6.45) is 0.0645. The molecule has 0 fully saturated rings. The number of nitrogens with zero attached hydrogens (tertiary/aromatic N) is 3. The van der Waals surface area contributed by atoms with E-state index >= 15 is 0 Å². The molecule has 0 amide bonds. The number of nitrogens with one attached hydrogen (secondary N) is 3. The number of benzene rings is 1. The molecule has 1 aromatic carbocycles. The zero-order valence-corrected chi connectivity index (χ0v) is 19.3. The largest absolute Gasteiger partial charge is 0.493 e. The topological polar surface area (TPSA) is 132 Å². The summed E-state index contributed by atoms with van der Waals surface area (Å²) in [6, 6.07) is 6.62. The van der Waals surface area contributed by atoms with Gasteiger partial charge in [-0.1, -0.05) is 0 Å². The van der Waals surface area contributed by atoms with Crippen molar-refractivity contribution >= 4 is 29.1 Å². The predicted molar refractivity (Wildman–Crippen MR) is 123 cm³/mol. The number of methoxy groups -OCH3 is 3. The molecule has 0 bridgehead atoms. The molecule has 0 spiro atoms. The maximum Gasteiger partial charge on any atom is 0.229 e. The van der Waals surface area contributed by atoms with Gasteiger partial charge in [0, 0.05) is 17.8 Å². The molecule has 3 heterocycles. The quantitative estimate of drug-likeness (QED) is 0.403. The first-order valence-corrected chi connectivity index (χ1v) is 10.3. The van der Waals surface area contributed by atoms with Gasteiger partial charge in [-0.2, -0.15) is 4.98 Å². The Balaban J connectivity index is 1.58. The molecule has 4 rings (SSSR count). The standard InChI is InChI=1S/C22H25FN6O5/c1-22(2)20(30)28-19-13(34-22)6-7-16(27-19)26-18-12(23)10-24-21(29-18)25-11-8-14(31-3)17(33-5)15(9-11)32-4/h6-10,20,30H,1-5H3,(H3,24,25,26,27,28,29). The average Bonchev–Trinajstić information content (AvgIpc) is 2.81. The number of hydrogen-bond acceptors (Lipinski definition) is 11. The second-order valence-corrected chi connectivity index (χ2v) is 7.85. The Hall–Kier alpha value is -4.06. The molecule has 0 radical (unpaired) electrons. The van der Waals surface area contributed by atoms with E-state index in [0.29, 0.717) is 34.5 Å². The van der Waals surface area contributed by atoms with Crippen molar-refractivity contribution in [3.63, 3.8) is 0 Å². The number of hydrogen-bond donors (Lipinski definition) is 4. The van der Waals surface area contributed by atoms with Gasteiger partial charge >= 0.3 is 0 Å². The Bertz CT molecular complexity index is 1180. The van der Waals surface area contributed by atoms with Gasteiger partial charge in [0.1, 0.15) is 11.4 Å². The van der Waals surface area contributed by atoms with Crippen molar-refractivity contribution in [2.24, 2.45) is 0 Å². The van der Waals surface area contributed by atoms with Crippen LogP contribution in [0.4, 0.5) is 33.5 Å². The number of aliphatic hydroxyl groups is 1. The van der Waals surface area contributed by atoms with E-state index in [2.05, 4.69) is 30.9 Å². The van der Waals surface area contributed by atoms with Crippen LogP contribution in [0.15, 0.2) is 30.5 Å². The first-order valence-electron chi connectivity index (χ1n) is 10.3. The van der Waals surface area contributed by atoms with Crippen molar-refractivity contribution in [3.05, 3.63) is 36.3 Å². The minimum atomic E-state index is -0.965. The summed E-state index contributed by atoms with van der Waals surface area (Å²) < 4.78 is 36.2. The average molecular weight is 472 g/mol. The summed E-state index contributed by atoms with van der Waals surface area (Å²) in [6.45, 7) is 3.50. The fourth-order valence-corrected chi connectivity index (χ4v) is 3.26. The summed E-state index contributed by atoms with van der Waals surface area (Å²) in [5.41, 5.74) is -0.285. The molecule has 180 valence electrons. The lowest BCUT2D eigenvalue weighted by molar-refractivity contribution is -0.0216. The minimum absolute atomic E-state index is 0.102. The van der Waals surface area contributed by atoms with Gasteiger partial charge in [-0.3, -0.25) is 0 Å². The number of fused-ring (bicyclic) bond motifs is 1. The van der Waals surface area contributed by atoms with E-state index < -0.39 is 17.6 Å². The Morgan fingerprint density at radius 3 is 2.41 bits per heavy atom. The highest BCUT2D eigenvalue weighted by Gasteiger charge is 2.36. The van der Waals surface area contributed by atoms with Crippen LogP contribution in [0, 0.1) is 5.82 Å². The number of aromatic nitrogens is 3. The summed E-state index contributed by atoms with van der Waals surface area (Å²) in [5.74, 6) is 1.72. The van der Waals surface area contributed by atoms with Crippen LogP contribution in [0.25, 0.3) is 0 Å². The van der Waals surface area contributed by atoms with Crippen molar-refractivity contribution in [2.75, 3.05) is 37.3 Å². The zero-order chi connectivity index (χ0) is 24.5. The first kappa shape index (κ1) is 23.1. The molecule has 0 saturated carbocycles. The van der Waals surface area contributed by atoms with Crippen molar-refractivity contribution in [2.45, 2.75) is 25.7 Å². The van der Waals surface area contributed by atoms with Crippen molar-refractivity contribution < 1.29 is 28.4 Å². The van der Waals surface area contributed by atoms with Gasteiger partial charge < -0.3 is 40.0 Å². The SMILES string of the molecule is COc1cc(Nc2ncc(F)c(Nc3ccc4c(n3)NC(O)C(C)(C)O4)n2)cc(OC)c1OC. The van der Waals surface area contributed by atoms with Crippen LogP contribution in [0.2, 0.25) is 0 Å². The smallest absolute Gasteiger partial charge is 0.229 e. The zero-order valence-electron chi connectivity index (χ0n) is 19.3. The third kappa shape index (κ3) is 4.53. The number of anilines is 5. The molecule has 1 atom stereocenters. The highest BCUT2D eigenvalue weighted by Crippen LogP contribution is 2.40. The summed E-state index contributed by atoms with van der Waals surface area (Å²) in [4.78, 5) is 12.5. The van der Waals surface area contributed by atoms with Crippen molar-refractivity contribution in [1.82, 2.24) is 15.0 Å². The molecule has 1 aliphatic heterocycles. The molecule has 11 nitrogen and oxygen atoms in total. The van der Waals surface area contributed by atoms with E-state index in [1.165, 1.54) is 21.3 Å². The van der Waals surface area contributed by atoms with Crippen LogP contribution in [-0.4, -0.2) is 53.2 Å². The first-order chi connectivity index (χ1) is 16.2. The summed E-state index contributed by atoms with van der Waals surface area (Å²) in [5, 5.41) is 18.9. The molecule has 0 saturated heterocycles. The third-order valence-corrected chi connectivity index (χ3v) is 5.07. The minimum Gasteiger partial charge on any atom is -0.493 e. The third-order valence-electron chi connectivity index (χ3n) is 5.07. The number of aliphatic hydroxyl groups excluding tert-OH is 1. The van der Waals surface area contributed by atoms with E-state index in [1.807, 2.05) is 0 Å². The van der Waals surface area contributed by atoms with Crippen LogP contribution < -0.4 is 34.9 Å². The second kappa shape index (κ2) is 9.06. The van der Waals surface area contributed by atoms with Gasteiger partial charge in [-0.25, -0.2) is 14.4 Å². The number of ether oxygens (including phenoxy) is 4. The molecule has 3 aromatic rings. The van der Waals surface area contributed by atoms with E-state index in [9.17, 15) is 9.50 Å². The molecular weight excluding hydrogens is 447 g/mol. The molecule has 4 N–H and O–H groups in total. The molecule has 1 unspecified atom stereocenters. The van der Waals surface area contributed by atoms with Gasteiger partial charge in [0.25, 0.3) is 0 Å². The Morgan fingerprint density at radius 2 is 1.76 bits per heavy atom. The lowest BCUT2D eigenvalue weighted by atomic mass is 10.1. The molecule has 2 aromatic heterocycles. The highest BCUT2D eigenvalue weighted by atomic mass is 19.1. The van der Waals surface area contributed by atoms with Gasteiger partial charge in [0.15, 0.2) is 40.9 Å². The van der Waals surface area contributed by atoms with Gasteiger partial charge in [0.05, 0.1) is 27.5 Å². The lowest BCUT2D eigenvalue weighted by Crippen LogP contribution is -2.49. The Labute approximate surface area is 195 Å². The molecular formula is C22H25FN6O5. The molecule has 12 heteroatoms. The van der Waals surface area contributed by atoms with Gasteiger partial charge in [0.2, 0.25) is 11.7 Å². The normalized spacial score (nSPS) is 15.9. The lowest BCUT2D eigenvalue weighted by Gasteiger charge is -2.37. The van der Waals surface area contributed by atoms with Gasteiger partial charge in [-0.05, 0) is 26.0 Å². The summed E-state index contributed by atoms with van der Waals surface area (Å²) >= 11 is 0. The number of halogens is 1. The van der Waals surface area contributed by atoms with Crippen molar-refractivity contribution in [3.8, 4) is 23.0 Å².